The molecule has 5 nitrogen and oxygen atoms in total. The molecule has 0 radical (unpaired) electrons. The highest BCUT2D eigenvalue weighted by molar-refractivity contribution is 7.49. The van der Waals surface area contributed by atoms with Crippen LogP contribution in [0.4, 0.5) is 0 Å². The summed E-state index contributed by atoms with van der Waals surface area (Å²) >= 11 is 0. The average Bonchev–Trinajstić information content (AvgIpc) is 1.85. The first-order valence-corrected chi connectivity index (χ1v) is 4.74. The smallest absolute Gasteiger partial charge is 0.333 e. The summed E-state index contributed by atoms with van der Waals surface area (Å²) in [5.74, 6) is -2.52. The minimum absolute atomic E-state index is 0.0512. The SMILES string of the molecule is C=C(C)C(=O)OC(C)P(=O)([O-])[O-]. The van der Waals surface area contributed by atoms with E-state index in [9.17, 15) is 19.1 Å². The van der Waals surface area contributed by atoms with Crippen LogP contribution in [0.2, 0.25) is 0 Å². The average molecular weight is 192 g/mol. The first kappa shape index (κ1) is 11.4. The zero-order valence-electron chi connectivity index (χ0n) is 6.77. The highest BCUT2D eigenvalue weighted by Gasteiger charge is 2.12. The fourth-order valence-electron chi connectivity index (χ4n) is 0.320. The molecule has 0 bridgehead atoms. The fourth-order valence-corrected chi connectivity index (χ4v) is 0.545. The first-order chi connectivity index (χ1) is 5.25. The van der Waals surface area contributed by atoms with E-state index >= 15 is 0 Å². The maximum atomic E-state index is 10.7. The van der Waals surface area contributed by atoms with Gasteiger partial charge in [-0.15, -0.1) is 0 Å². The summed E-state index contributed by atoms with van der Waals surface area (Å²) < 4.78 is 14.5. The molecular weight excluding hydrogens is 183 g/mol. The largest absolute Gasteiger partial charge is 0.808 e. The zero-order valence-corrected chi connectivity index (χ0v) is 7.67. The van der Waals surface area contributed by atoms with E-state index in [1.165, 1.54) is 6.92 Å². The van der Waals surface area contributed by atoms with Crippen molar-refractivity contribution in [1.82, 2.24) is 0 Å². The van der Waals surface area contributed by atoms with Crippen LogP contribution in [0.25, 0.3) is 0 Å². The number of rotatable bonds is 3. The van der Waals surface area contributed by atoms with E-state index in [0.717, 1.165) is 6.92 Å². The molecule has 0 aromatic carbocycles. The molecule has 0 heterocycles. The van der Waals surface area contributed by atoms with Crippen molar-refractivity contribution in [2.75, 3.05) is 0 Å². The molecule has 0 amide bonds. The summed E-state index contributed by atoms with van der Waals surface area (Å²) in [5.41, 5.74) is 0.0512. The Morgan fingerprint density at radius 2 is 2.00 bits per heavy atom. The summed E-state index contributed by atoms with van der Waals surface area (Å²) in [6.45, 7) is 5.58. The van der Waals surface area contributed by atoms with Crippen LogP contribution in [0, 0.1) is 0 Å². The molecule has 0 aliphatic rings. The quantitative estimate of drug-likeness (QED) is 0.337. The van der Waals surface area contributed by atoms with Gasteiger partial charge in [0, 0.05) is 5.57 Å². The van der Waals surface area contributed by atoms with Crippen molar-refractivity contribution in [3.05, 3.63) is 12.2 Å². The van der Waals surface area contributed by atoms with Gasteiger partial charge >= 0.3 is 5.97 Å². The monoisotopic (exact) mass is 192 g/mol. The van der Waals surface area contributed by atoms with E-state index in [4.69, 9.17) is 0 Å². The predicted octanol–water partition coefficient (Wildman–Crippen LogP) is -0.635. The van der Waals surface area contributed by atoms with E-state index in [-0.39, 0.29) is 5.57 Å². The Bertz CT molecular complexity index is 240. The van der Waals surface area contributed by atoms with E-state index in [1.807, 2.05) is 0 Å². The molecule has 12 heavy (non-hydrogen) atoms. The lowest BCUT2D eigenvalue weighted by atomic mass is 10.4. The predicted molar refractivity (Wildman–Crippen MR) is 38.0 cm³/mol. The minimum Gasteiger partial charge on any atom is -0.808 e. The third-order valence-electron chi connectivity index (χ3n) is 1.07. The van der Waals surface area contributed by atoms with Gasteiger partial charge in [-0.1, -0.05) is 6.58 Å². The van der Waals surface area contributed by atoms with E-state index in [2.05, 4.69) is 11.3 Å². The number of carbonyl (C=O) groups excluding carboxylic acids is 1. The molecule has 6 heteroatoms. The van der Waals surface area contributed by atoms with Gasteiger partial charge in [0.2, 0.25) is 0 Å². The van der Waals surface area contributed by atoms with Crippen LogP contribution in [0.1, 0.15) is 13.8 Å². The van der Waals surface area contributed by atoms with Crippen LogP contribution in [0.15, 0.2) is 12.2 Å². The van der Waals surface area contributed by atoms with Crippen molar-refractivity contribution in [3.8, 4) is 0 Å². The van der Waals surface area contributed by atoms with Gasteiger partial charge in [0.05, 0.1) is 0 Å². The van der Waals surface area contributed by atoms with Crippen molar-refractivity contribution in [2.45, 2.75) is 19.7 Å². The third-order valence-corrected chi connectivity index (χ3v) is 2.07. The first-order valence-electron chi connectivity index (χ1n) is 3.13. The molecule has 0 N–H and O–H groups in total. The Labute approximate surface area is 70.2 Å². The lowest BCUT2D eigenvalue weighted by Gasteiger charge is -2.34. The van der Waals surface area contributed by atoms with E-state index in [1.54, 1.807) is 0 Å². The minimum atomic E-state index is -4.83. The second kappa shape index (κ2) is 3.85. The number of ether oxygens (including phenoxy) is 1. The van der Waals surface area contributed by atoms with Crippen molar-refractivity contribution >= 4 is 13.6 Å². The molecule has 0 fully saturated rings. The summed E-state index contributed by atoms with van der Waals surface area (Å²) in [6.07, 6.45) is 0. The van der Waals surface area contributed by atoms with Crippen molar-refractivity contribution < 1.29 is 23.9 Å². The van der Waals surface area contributed by atoms with Crippen LogP contribution >= 0.6 is 7.60 Å². The number of carbonyl (C=O) groups is 1. The Hall–Kier alpha value is -0.640. The molecule has 0 saturated carbocycles. The van der Waals surface area contributed by atoms with Gasteiger partial charge in [0.1, 0.15) is 5.85 Å². The lowest BCUT2D eigenvalue weighted by Crippen LogP contribution is -2.28. The molecule has 70 valence electrons. The molecule has 0 aliphatic heterocycles. The van der Waals surface area contributed by atoms with E-state index < -0.39 is 19.4 Å². The highest BCUT2D eigenvalue weighted by Crippen LogP contribution is 2.31. The molecule has 0 aromatic rings. The Kier molecular flexibility index (Phi) is 3.64. The van der Waals surface area contributed by atoms with Crippen molar-refractivity contribution in [1.29, 1.82) is 0 Å². The fraction of sp³-hybridized carbons (Fsp3) is 0.500. The van der Waals surface area contributed by atoms with Gasteiger partial charge < -0.3 is 19.1 Å². The zero-order chi connectivity index (χ0) is 9.94. The van der Waals surface area contributed by atoms with Crippen LogP contribution in [-0.2, 0) is 14.1 Å². The molecule has 0 spiro atoms. The molecule has 0 saturated heterocycles. The Morgan fingerprint density at radius 3 is 2.25 bits per heavy atom. The third kappa shape index (κ3) is 3.67. The van der Waals surface area contributed by atoms with Gasteiger partial charge in [-0.05, 0) is 21.4 Å². The maximum Gasteiger partial charge on any atom is 0.333 e. The van der Waals surface area contributed by atoms with Crippen LogP contribution in [0.3, 0.4) is 0 Å². The van der Waals surface area contributed by atoms with Crippen molar-refractivity contribution in [3.63, 3.8) is 0 Å². The second-order valence-electron chi connectivity index (χ2n) is 2.32. The van der Waals surface area contributed by atoms with Gasteiger partial charge in [0.15, 0.2) is 0 Å². The summed E-state index contributed by atoms with van der Waals surface area (Å²) in [6, 6.07) is 0. The molecule has 1 atom stereocenters. The van der Waals surface area contributed by atoms with Crippen LogP contribution < -0.4 is 9.79 Å². The number of hydrogen-bond donors (Lipinski definition) is 0. The standard InChI is InChI=1S/C6H11O5P/c1-4(2)6(7)11-5(3)12(8,9)10/h5H,1H2,2-3H3,(H2,8,9,10)/p-2. The van der Waals surface area contributed by atoms with Gasteiger partial charge in [0.25, 0.3) is 0 Å². The normalized spacial score (nSPS) is 13.7. The molecule has 1 unspecified atom stereocenters. The topological polar surface area (TPSA) is 89.5 Å². The summed E-state index contributed by atoms with van der Waals surface area (Å²) in [4.78, 5) is 31.2. The Balaban J connectivity index is 4.21. The molecule has 0 aromatic heterocycles. The second-order valence-corrected chi connectivity index (χ2v) is 4.13. The van der Waals surface area contributed by atoms with Crippen LogP contribution in [0.5, 0.6) is 0 Å². The van der Waals surface area contributed by atoms with Crippen molar-refractivity contribution in [2.24, 2.45) is 0 Å². The summed E-state index contributed by atoms with van der Waals surface area (Å²) in [5, 5.41) is 0. The summed E-state index contributed by atoms with van der Waals surface area (Å²) in [7, 11) is -4.83. The number of hydrogen-bond acceptors (Lipinski definition) is 5. The van der Waals surface area contributed by atoms with Gasteiger partial charge in [-0.25, -0.2) is 4.79 Å². The molecular formula is C6H9O5P-2. The molecule has 0 rings (SSSR count). The van der Waals surface area contributed by atoms with Gasteiger partial charge in [-0.2, -0.15) is 0 Å². The van der Waals surface area contributed by atoms with Gasteiger partial charge in [-0.3, -0.25) is 0 Å². The van der Waals surface area contributed by atoms with Crippen LogP contribution in [-0.4, -0.2) is 11.8 Å². The maximum absolute atomic E-state index is 10.7. The number of esters is 1. The van der Waals surface area contributed by atoms with E-state index in [0.29, 0.717) is 0 Å². The highest BCUT2D eigenvalue weighted by atomic mass is 31.2. The Morgan fingerprint density at radius 1 is 1.58 bits per heavy atom. The molecule has 0 aliphatic carbocycles. The lowest BCUT2D eigenvalue weighted by molar-refractivity contribution is -0.322.